The molecule has 0 aliphatic carbocycles. The molecule has 0 atom stereocenters. The average molecular weight is 373 g/mol. The number of nitrogens with one attached hydrogen (secondary N) is 2. The molecule has 6 heteroatoms. The molecule has 1 aromatic carbocycles. The Morgan fingerprint density at radius 2 is 2.00 bits per heavy atom. The quantitative estimate of drug-likeness (QED) is 0.709. The van der Waals surface area contributed by atoms with E-state index in [2.05, 4.69) is 31.4 Å². The summed E-state index contributed by atoms with van der Waals surface area (Å²) in [5, 5.41) is 9.78. The van der Waals surface area contributed by atoms with E-state index >= 15 is 0 Å². The van der Waals surface area contributed by atoms with Gasteiger partial charge in [0.1, 0.15) is 5.69 Å². The first-order valence-corrected chi connectivity index (χ1v) is 8.12. The molecule has 0 saturated heterocycles. The standard InChI is InChI=1S/C17H17BrN4O/c1-11(2)22-10-13(18)9-16(22)17(23)20-14-5-3-12(4-6-14)15-7-8-19-21-15/h3-11H,1-2H3,(H,19,21)(H,20,23). The number of aromatic amines is 1. The maximum atomic E-state index is 12.5. The summed E-state index contributed by atoms with van der Waals surface area (Å²) in [6, 6.07) is 11.6. The topological polar surface area (TPSA) is 62.7 Å². The minimum absolute atomic E-state index is 0.126. The molecule has 0 aliphatic heterocycles. The van der Waals surface area contributed by atoms with Crippen molar-refractivity contribution < 1.29 is 4.79 Å². The van der Waals surface area contributed by atoms with Crippen LogP contribution in [0.25, 0.3) is 11.3 Å². The minimum atomic E-state index is -0.126. The van der Waals surface area contributed by atoms with Gasteiger partial charge in [-0.05, 0) is 59.6 Å². The molecule has 0 spiro atoms. The van der Waals surface area contributed by atoms with Gasteiger partial charge in [0.15, 0.2) is 0 Å². The smallest absolute Gasteiger partial charge is 0.272 e. The number of hydrogen-bond acceptors (Lipinski definition) is 2. The van der Waals surface area contributed by atoms with Gasteiger partial charge in [0.25, 0.3) is 5.91 Å². The highest BCUT2D eigenvalue weighted by molar-refractivity contribution is 9.10. The summed E-state index contributed by atoms with van der Waals surface area (Å²) < 4.78 is 2.84. The van der Waals surface area contributed by atoms with Crippen molar-refractivity contribution in [2.24, 2.45) is 0 Å². The number of hydrogen-bond donors (Lipinski definition) is 2. The summed E-state index contributed by atoms with van der Waals surface area (Å²) >= 11 is 3.43. The molecule has 2 aromatic heterocycles. The normalized spacial score (nSPS) is 11.0. The molecular weight excluding hydrogens is 356 g/mol. The number of rotatable bonds is 4. The summed E-state index contributed by atoms with van der Waals surface area (Å²) in [7, 11) is 0. The Kier molecular flexibility index (Phi) is 4.34. The van der Waals surface area contributed by atoms with E-state index in [9.17, 15) is 4.79 Å². The fourth-order valence-corrected chi connectivity index (χ4v) is 2.84. The number of carbonyl (C=O) groups is 1. The molecule has 3 rings (SSSR count). The zero-order valence-corrected chi connectivity index (χ0v) is 14.5. The van der Waals surface area contributed by atoms with Gasteiger partial charge in [-0.1, -0.05) is 12.1 Å². The van der Waals surface area contributed by atoms with Crippen LogP contribution in [-0.2, 0) is 0 Å². The summed E-state index contributed by atoms with van der Waals surface area (Å²) in [6.45, 7) is 4.09. The highest BCUT2D eigenvalue weighted by atomic mass is 79.9. The summed E-state index contributed by atoms with van der Waals surface area (Å²) in [5.74, 6) is -0.126. The van der Waals surface area contributed by atoms with E-state index in [4.69, 9.17) is 0 Å². The number of benzene rings is 1. The fraction of sp³-hybridized carbons (Fsp3) is 0.176. The predicted octanol–water partition coefficient (Wildman–Crippen LogP) is 4.47. The summed E-state index contributed by atoms with van der Waals surface area (Å²) in [5.41, 5.74) is 3.35. The van der Waals surface area contributed by atoms with Crippen molar-refractivity contribution in [2.75, 3.05) is 5.32 Å². The van der Waals surface area contributed by atoms with E-state index in [0.29, 0.717) is 5.69 Å². The Morgan fingerprint density at radius 1 is 1.26 bits per heavy atom. The van der Waals surface area contributed by atoms with Gasteiger partial charge in [0.05, 0.1) is 5.69 Å². The van der Waals surface area contributed by atoms with Crippen molar-refractivity contribution in [1.82, 2.24) is 14.8 Å². The Morgan fingerprint density at radius 3 is 2.61 bits per heavy atom. The molecule has 2 N–H and O–H groups in total. The second-order valence-electron chi connectivity index (χ2n) is 5.55. The van der Waals surface area contributed by atoms with Gasteiger partial charge in [-0.2, -0.15) is 5.10 Å². The highest BCUT2D eigenvalue weighted by Gasteiger charge is 2.15. The van der Waals surface area contributed by atoms with E-state index in [1.165, 1.54) is 0 Å². The summed E-state index contributed by atoms with van der Waals surface area (Å²) in [6.07, 6.45) is 3.63. The van der Waals surface area contributed by atoms with Gasteiger partial charge in [0, 0.05) is 28.6 Å². The SMILES string of the molecule is CC(C)n1cc(Br)cc1C(=O)Nc1ccc(-c2ccn[nH]2)cc1. The lowest BCUT2D eigenvalue weighted by Gasteiger charge is -2.13. The van der Waals surface area contributed by atoms with E-state index < -0.39 is 0 Å². The van der Waals surface area contributed by atoms with E-state index in [1.54, 1.807) is 6.20 Å². The third-order valence-electron chi connectivity index (χ3n) is 3.56. The minimum Gasteiger partial charge on any atom is -0.340 e. The maximum Gasteiger partial charge on any atom is 0.272 e. The number of anilines is 1. The number of nitrogens with zero attached hydrogens (tertiary/aromatic N) is 2. The summed E-state index contributed by atoms with van der Waals surface area (Å²) in [4.78, 5) is 12.5. The number of H-pyrrole nitrogens is 1. The Hall–Kier alpha value is -2.34. The largest absolute Gasteiger partial charge is 0.340 e. The Labute approximate surface area is 142 Å². The molecule has 1 amide bonds. The van der Waals surface area contributed by atoms with Crippen LogP contribution in [0.3, 0.4) is 0 Å². The molecule has 0 aliphatic rings. The van der Waals surface area contributed by atoms with Crippen LogP contribution in [0, 0.1) is 0 Å². The first-order chi connectivity index (χ1) is 11.0. The molecule has 0 saturated carbocycles. The van der Waals surface area contributed by atoms with Crippen LogP contribution < -0.4 is 5.32 Å². The molecule has 23 heavy (non-hydrogen) atoms. The lowest BCUT2D eigenvalue weighted by molar-refractivity contribution is 0.101. The Bertz CT molecular complexity index is 804. The molecular formula is C17H17BrN4O. The van der Waals surface area contributed by atoms with Crippen LogP contribution in [0.4, 0.5) is 5.69 Å². The lowest BCUT2D eigenvalue weighted by atomic mass is 10.1. The van der Waals surface area contributed by atoms with Crippen LogP contribution >= 0.6 is 15.9 Å². The van der Waals surface area contributed by atoms with Gasteiger partial charge >= 0.3 is 0 Å². The first kappa shape index (κ1) is 15.6. The van der Waals surface area contributed by atoms with Crippen molar-refractivity contribution in [3.63, 3.8) is 0 Å². The van der Waals surface area contributed by atoms with Crippen LogP contribution in [-0.4, -0.2) is 20.7 Å². The van der Waals surface area contributed by atoms with E-state index in [1.807, 2.05) is 61.0 Å². The molecule has 5 nitrogen and oxygen atoms in total. The number of amides is 1. The number of halogens is 1. The average Bonchev–Trinajstić information content (AvgIpc) is 3.17. The number of aromatic nitrogens is 3. The molecule has 118 valence electrons. The molecule has 2 heterocycles. The van der Waals surface area contributed by atoms with Crippen LogP contribution in [0.5, 0.6) is 0 Å². The number of carbonyl (C=O) groups excluding carboxylic acids is 1. The molecule has 0 bridgehead atoms. The zero-order valence-electron chi connectivity index (χ0n) is 12.9. The van der Waals surface area contributed by atoms with Crippen molar-refractivity contribution in [3.8, 4) is 11.3 Å². The van der Waals surface area contributed by atoms with Crippen molar-refractivity contribution >= 4 is 27.5 Å². The highest BCUT2D eigenvalue weighted by Crippen LogP contribution is 2.22. The maximum absolute atomic E-state index is 12.5. The van der Waals surface area contributed by atoms with Crippen LogP contribution in [0.15, 0.2) is 53.3 Å². The van der Waals surface area contributed by atoms with E-state index in [-0.39, 0.29) is 11.9 Å². The fourth-order valence-electron chi connectivity index (χ4n) is 2.40. The molecule has 0 unspecified atom stereocenters. The van der Waals surface area contributed by atoms with Crippen molar-refractivity contribution in [1.29, 1.82) is 0 Å². The van der Waals surface area contributed by atoms with Crippen molar-refractivity contribution in [3.05, 3.63) is 59.0 Å². The van der Waals surface area contributed by atoms with Gasteiger partial charge in [-0.15, -0.1) is 0 Å². The van der Waals surface area contributed by atoms with Gasteiger partial charge < -0.3 is 9.88 Å². The second-order valence-corrected chi connectivity index (χ2v) is 6.46. The van der Waals surface area contributed by atoms with Crippen LogP contribution in [0.2, 0.25) is 0 Å². The molecule has 0 radical (unpaired) electrons. The second kappa shape index (κ2) is 6.42. The van der Waals surface area contributed by atoms with E-state index in [0.717, 1.165) is 21.4 Å². The zero-order chi connectivity index (χ0) is 16.4. The van der Waals surface area contributed by atoms with Gasteiger partial charge in [-0.25, -0.2) is 0 Å². The first-order valence-electron chi connectivity index (χ1n) is 7.33. The van der Waals surface area contributed by atoms with Crippen LogP contribution in [0.1, 0.15) is 30.4 Å². The third-order valence-corrected chi connectivity index (χ3v) is 3.99. The van der Waals surface area contributed by atoms with Crippen molar-refractivity contribution in [2.45, 2.75) is 19.9 Å². The molecule has 3 aromatic rings. The van der Waals surface area contributed by atoms with Gasteiger partial charge in [0.2, 0.25) is 0 Å². The molecule has 0 fully saturated rings. The lowest BCUT2D eigenvalue weighted by Crippen LogP contribution is -2.17. The van der Waals surface area contributed by atoms with Gasteiger partial charge in [-0.3, -0.25) is 9.89 Å². The Balaban J connectivity index is 1.78. The third kappa shape index (κ3) is 3.37. The monoisotopic (exact) mass is 372 g/mol. The predicted molar refractivity (Wildman–Crippen MR) is 94.5 cm³/mol.